The molecule has 3 nitrogen and oxygen atoms in total. The third-order valence-corrected chi connectivity index (χ3v) is 4.91. The lowest BCUT2D eigenvalue weighted by atomic mass is 9.88. The topological polar surface area (TPSA) is 38.5 Å². The number of ether oxygens (including phenoxy) is 1. The summed E-state index contributed by atoms with van der Waals surface area (Å²) in [5.74, 6) is 0. The molecule has 0 aromatic rings. The van der Waals surface area contributed by atoms with Crippen molar-refractivity contribution in [3.63, 3.8) is 0 Å². The molecule has 2 aliphatic rings. The maximum absolute atomic E-state index is 6.23. The summed E-state index contributed by atoms with van der Waals surface area (Å²) in [5.41, 5.74) is 6.23. The van der Waals surface area contributed by atoms with E-state index in [0.29, 0.717) is 6.61 Å². The number of hydrogen-bond donors (Lipinski definition) is 1. The van der Waals surface area contributed by atoms with Crippen LogP contribution in [0, 0.1) is 0 Å². The lowest BCUT2D eigenvalue weighted by Gasteiger charge is -2.42. The summed E-state index contributed by atoms with van der Waals surface area (Å²) in [5, 5.41) is 0. The van der Waals surface area contributed by atoms with Gasteiger partial charge in [-0.2, -0.15) is 0 Å². The zero-order valence-electron chi connectivity index (χ0n) is 12.7. The summed E-state index contributed by atoms with van der Waals surface area (Å²) in [7, 11) is 1.76. The van der Waals surface area contributed by atoms with Crippen molar-refractivity contribution in [3.8, 4) is 0 Å². The molecule has 0 heterocycles. The molecular weight excluding hydrogens is 236 g/mol. The van der Waals surface area contributed by atoms with Gasteiger partial charge in [0.25, 0.3) is 0 Å². The van der Waals surface area contributed by atoms with Crippen LogP contribution in [0.4, 0.5) is 0 Å². The molecule has 0 bridgehead atoms. The lowest BCUT2D eigenvalue weighted by Crippen LogP contribution is -2.51. The molecule has 2 fully saturated rings. The molecule has 0 radical (unpaired) electrons. The number of hydrogen-bond acceptors (Lipinski definition) is 3. The van der Waals surface area contributed by atoms with Gasteiger partial charge in [0.1, 0.15) is 0 Å². The van der Waals surface area contributed by atoms with Gasteiger partial charge in [-0.05, 0) is 25.7 Å². The molecule has 2 aliphatic carbocycles. The first-order chi connectivity index (χ1) is 9.31. The highest BCUT2D eigenvalue weighted by Crippen LogP contribution is 2.30. The minimum atomic E-state index is 0.175. The van der Waals surface area contributed by atoms with E-state index in [4.69, 9.17) is 10.5 Å². The Bertz CT molecular complexity index is 217. The van der Waals surface area contributed by atoms with Crippen LogP contribution in [0.5, 0.6) is 0 Å². The Balaban J connectivity index is 1.94. The van der Waals surface area contributed by atoms with Gasteiger partial charge in [-0.15, -0.1) is 0 Å². The van der Waals surface area contributed by atoms with Crippen LogP contribution >= 0.6 is 0 Å². The molecule has 0 saturated heterocycles. The normalized spacial score (nSPS) is 24.8. The van der Waals surface area contributed by atoms with Crippen LogP contribution in [-0.4, -0.2) is 43.3 Å². The van der Waals surface area contributed by atoms with Gasteiger partial charge >= 0.3 is 0 Å². The largest absolute Gasteiger partial charge is 0.383 e. The van der Waals surface area contributed by atoms with Crippen LogP contribution < -0.4 is 5.73 Å². The molecule has 1 atom stereocenters. The van der Waals surface area contributed by atoms with Gasteiger partial charge in [-0.25, -0.2) is 0 Å². The predicted octanol–water partition coefficient (Wildman–Crippen LogP) is 2.93. The van der Waals surface area contributed by atoms with Crippen LogP contribution in [0.2, 0.25) is 0 Å². The first-order valence-electron chi connectivity index (χ1n) is 8.31. The van der Waals surface area contributed by atoms with Crippen molar-refractivity contribution in [1.82, 2.24) is 4.90 Å². The second-order valence-electron chi connectivity index (χ2n) is 6.50. The Labute approximate surface area is 118 Å². The quantitative estimate of drug-likeness (QED) is 0.805. The van der Waals surface area contributed by atoms with Gasteiger partial charge in [-0.3, -0.25) is 4.90 Å². The van der Waals surface area contributed by atoms with E-state index in [1.54, 1.807) is 7.11 Å². The summed E-state index contributed by atoms with van der Waals surface area (Å²) in [4.78, 5) is 2.77. The maximum Gasteiger partial charge on any atom is 0.0626 e. The summed E-state index contributed by atoms with van der Waals surface area (Å²) >= 11 is 0. The fourth-order valence-corrected chi connectivity index (χ4v) is 3.96. The van der Waals surface area contributed by atoms with Gasteiger partial charge in [-0.1, -0.05) is 38.5 Å². The maximum atomic E-state index is 6.23. The van der Waals surface area contributed by atoms with Crippen molar-refractivity contribution < 1.29 is 4.74 Å². The first-order valence-corrected chi connectivity index (χ1v) is 8.31. The molecular formula is C16H32N2O. The van der Waals surface area contributed by atoms with Crippen molar-refractivity contribution in [2.45, 2.75) is 82.3 Å². The molecule has 19 heavy (non-hydrogen) atoms. The smallest absolute Gasteiger partial charge is 0.0626 e. The molecule has 2 N–H and O–H groups in total. The van der Waals surface area contributed by atoms with Gasteiger partial charge in [0, 0.05) is 31.8 Å². The molecule has 2 rings (SSSR count). The summed E-state index contributed by atoms with van der Waals surface area (Å²) in [6.45, 7) is 1.72. The third-order valence-electron chi connectivity index (χ3n) is 4.91. The van der Waals surface area contributed by atoms with Crippen LogP contribution in [-0.2, 0) is 4.74 Å². The van der Waals surface area contributed by atoms with Crippen molar-refractivity contribution in [2.75, 3.05) is 20.3 Å². The van der Waals surface area contributed by atoms with Gasteiger partial charge < -0.3 is 10.5 Å². The highest BCUT2D eigenvalue weighted by Gasteiger charge is 2.29. The predicted molar refractivity (Wildman–Crippen MR) is 80.3 cm³/mol. The fourth-order valence-electron chi connectivity index (χ4n) is 3.96. The molecule has 2 saturated carbocycles. The fraction of sp³-hybridized carbons (Fsp3) is 1.00. The first kappa shape index (κ1) is 15.3. The van der Waals surface area contributed by atoms with E-state index in [9.17, 15) is 0 Å². The minimum absolute atomic E-state index is 0.175. The Kier molecular flexibility index (Phi) is 6.62. The zero-order valence-corrected chi connectivity index (χ0v) is 12.7. The molecule has 3 heteroatoms. The minimum Gasteiger partial charge on any atom is -0.383 e. The van der Waals surface area contributed by atoms with Crippen molar-refractivity contribution in [3.05, 3.63) is 0 Å². The Hall–Kier alpha value is -0.120. The Morgan fingerprint density at radius 1 is 0.947 bits per heavy atom. The molecule has 0 amide bonds. The SMILES string of the molecule is COCC(N)CN(C1CCCCC1)C1CCCCC1. The van der Waals surface area contributed by atoms with Crippen LogP contribution in [0.15, 0.2) is 0 Å². The van der Waals surface area contributed by atoms with Crippen molar-refractivity contribution in [2.24, 2.45) is 5.73 Å². The van der Waals surface area contributed by atoms with E-state index in [0.717, 1.165) is 18.6 Å². The van der Waals surface area contributed by atoms with Gasteiger partial charge in [0.2, 0.25) is 0 Å². The highest BCUT2D eigenvalue weighted by atomic mass is 16.5. The third kappa shape index (κ3) is 4.73. The Morgan fingerprint density at radius 2 is 1.42 bits per heavy atom. The summed E-state index contributed by atoms with van der Waals surface area (Å²) in [6.07, 6.45) is 14.0. The number of rotatable bonds is 6. The van der Waals surface area contributed by atoms with Crippen LogP contribution in [0.25, 0.3) is 0 Å². The number of nitrogens with two attached hydrogens (primary N) is 1. The highest BCUT2D eigenvalue weighted by molar-refractivity contribution is 4.85. The molecule has 0 aliphatic heterocycles. The average Bonchev–Trinajstić information content (AvgIpc) is 2.47. The Morgan fingerprint density at radius 3 is 1.84 bits per heavy atom. The number of methoxy groups -OCH3 is 1. The molecule has 0 spiro atoms. The van der Waals surface area contributed by atoms with E-state index >= 15 is 0 Å². The second kappa shape index (κ2) is 8.23. The van der Waals surface area contributed by atoms with Crippen molar-refractivity contribution >= 4 is 0 Å². The zero-order chi connectivity index (χ0) is 13.5. The monoisotopic (exact) mass is 268 g/mol. The molecule has 0 aromatic carbocycles. The van der Waals surface area contributed by atoms with Crippen LogP contribution in [0.3, 0.4) is 0 Å². The summed E-state index contributed by atoms with van der Waals surface area (Å²) in [6, 6.07) is 1.76. The standard InChI is InChI=1S/C16H32N2O/c1-19-13-14(17)12-18(15-8-4-2-5-9-15)16-10-6-3-7-11-16/h14-16H,2-13,17H2,1H3. The van der Waals surface area contributed by atoms with Gasteiger partial charge in [0.15, 0.2) is 0 Å². The molecule has 1 unspecified atom stereocenters. The average molecular weight is 268 g/mol. The van der Waals surface area contributed by atoms with E-state index in [-0.39, 0.29) is 6.04 Å². The lowest BCUT2D eigenvalue weighted by molar-refractivity contribution is 0.0610. The van der Waals surface area contributed by atoms with Gasteiger partial charge in [0.05, 0.1) is 6.61 Å². The van der Waals surface area contributed by atoms with E-state index in [1.165, 1.54) is 64.2 Å². The van der Waals surface area contributed by atoms with E-state index in [1.807, 2.05) is 0 Å². The van der Waals surface area contributed by atoms with E-state index < -0.39 is 0 Å². The summed E-state index contributed by atoms with van der Waals surface area (Å²) < 4.78 is 5.23. The number of nitrogens with zero attached hydrogens (tertiary/aromatic N) is 1. The molecule has 112 valence electrons. The van der Waals surface area contributed by atoms with Crippen molar-refractivity contribution in [1.29, 1.82) is 0 Å². The van der Waals surface area contributed by atoms with Crippen LogP contribution in [0.1, 0.15) is 64.2 Å². The molecule has 0 aromatic heterocycles. The van der Waals surface area contributed by atoms with E-state index in [2.05, 4.69) is 4.90 Å². The second-order valence-corrected chi connectivity index (χ2v) is 6.50.